The van der Waals surface area contributed by atoms with Crippen molar-refractivity contribution in [1.29, 1.82) is 0 Å². The van der Waals surface area contributed by atoms with Gasteiger partial charge in [-0.05, 0) is 35.6 Å². The molecule has 1 aromatic rings. The molecule has 0 radical (unpaired) electrons. The van der Waals surface area contributed by atoms with Crippen molar-refractivity contribution in [3.05, 3.63) is 65.3 Å². The lowest BCUT2D eigenvalue weighted by molar-refractivity contribution is 0.807. The first-order chi connectivity index (χ1) is 7.36. The third kappa shape index (κ3) is 1.29. The number of fused-ring (bicyclic) bond motifs is 3. The molecular weight excluding hydrogens is 180 g/mol. The Labute approximate surface area is 90.6 Å². The molecule has 15 heavy (non-hydrogen) atoms. The fourth-order valence-corrected chi connectivity index (χ4v) is 2.59. The van der Waals surface area contributed by atoms with Crippen molar-refractivity contribution in [3.63, 3.8) is 0 Å². The second kappa shape index (κ2) is 3.23. The van der Waals surface area contributed by atoms with Gasteiger partial charge in [0.25, 0.3) is 0 Å². The third-order valence-corrected chi connectivity index (χ3v) is 3.34. The molecule has 0 N–H and O–H groups in total. The third-order valence-electron chi connectivity index (χ3n) is 3.34. The molecule has 2 aliphatic carbocycles. The van der Waals surface area contributed by atoms with E-state index in [2.05, 4.69) is 55.5 Å². The Kier molecular flexibility index (Phi) is 1.88. The van der Waals surface area contributed by atoms with Crippen molar-refractivity contribution in [2.45, 2.75) is 19.3 Å². The largest absolute Gasteiger partial charge is 0.0836 e. The van der Waals surface area contributed by atoms with E-state index in [0.29, 0.717) is 5.92 Å². The van der Waals surface area contributed by atoms with Crippen molar-refractivity contribution < 1.29 is 0 Å². The van der Waals surface area contributed by atoms with E-state index >= 15 is 0 Å². The fraction of sp³-hybridized carbons (Fsp3) is 0.200. The van der Waals surface area contributed by atoms with Crippen LogP contribution in [0, 0.1) is 0 Å². The first-order valence-electron chi connectivity index (χ1n) is 5.50. The lowest BCUT2D eigenvalue weighted by Crippen LogP contribution is -2.09. The van der Waals surface area contributed by atoms with Crippen molar-refractivity contribution in [3.8, 4) is 0 Å². The highest BCUT2D eigenvalue weighted by Crippen LogP contribution is 2.40. The molecule has 74 valence electrons. The van der Waals surface area contributed by atoms with Gasteiger partial charge in [-0.2, -0.15) is 0 Å². The lowest BCUT2D eigenvalue weighted by atomic mass is 9.77. The zero-order valence-electron chi connectivity index (χ0n) is 8.90. The maximum atomic E-state index is 2.33. The zero-order chi connectivity index (χ0) is 10.3. The fourth-order valence-electron chi connectivity index (χ4n) is 2.59. The van der Waals surface area contributed by atoms with Gasteiger partial charge < -0.3 is 0 Å². The molecule has 1 aromatic carbocycles. The van der Waals surface area contributed by atoms with Gasteiger partial charge in [0.05, 0.1) is 0 Å². The molecule has 0 saturated carbocycles. The van der Waals surface area contributed by atoms with E-state index in [1.807, 2.05) is 0 Å². The summed E-state index contributed by atoms with van der Waals surface area (Å²) < 4.78 is 0. The van der Waals surface area contributed by atoms with Gasteiger partial charge >= 0.3 is 0 Å². The summed E-state index contributed by atoms with van der Waals surface area (Å²) in [5.41, 5.74) is 5.78. The Hall–Kier alpha value is -1.56. The Morgan fingerprint density at radius 2 is 2.07 bits per heavy atom. The Morgan fingerprint density at radius 1 is 1.20 bits per heavy atom. The smallest absolute Gasteiger partial charge is 0.0130 e. The van der Waals surface area contributed by atoms with E-state index in [4.69, 9.17) is 0 Å². The molecule has 1 atom stereocenters. The first kappa shape index (κ1) is 8.72. The summed E-state index contributed by atoms with van der Waals surface area (Å²) >= 11 is 0. The lowest BCUT2D eigenvalue weighted by Gasteiger charge is -2.27. The van der Waals surface area contributed by atoms with Gasteiger partial charge in [-0.3, -0.25) is 0 Å². The molecule has 0 spiro atoms. The van der Waals surface area contributed by atoms with Gasteiger partial charge in [0.15, 0.2) is 0 Å². The predicted molar refractivity (Wildman–Crippen MR) is 64.7 cm³/mol. The maximum absolute atomic E-state index is 2.33. The molecule has 0 heterocycles. The monoisotopic (exact) mass is 194 g/mol. The van der Waals surface area contributed by atoms with Crippen molar-refractivity contribution in [2.24, 2.45) is 0 Å². The van der Waals surface area contributed by atoms with E-state index in [-0.39, 0.29) is 0 Å². The zero-order valence-corrected chi connectivity index (χ0v) is 8.90. The van der Waals surface area contributed by atoms with Crippen molar-refractivity contribution >= 4 is 5.57 Å². The van der Waals surface area contributed by atoms with Crippen LogP contribution in [0.5, 0.6) is 0 Å². The number of benzene rings is 1. The minimum Gasteiger partial charge on any atom is -0.0836 e. The van der Waals surface area contributed by atoms with Gasteiger partial charge in [-0.15, -0.1) is 0 Å². The van der Waals surface area contributed by atoms with Crippen molar-refractivity contribution in [1.82, 2.24) is 0 Å². The molecule has 0 amide bonds. The molecule has 2 aliphatic rings. The van der Waals surface area contributed by atoms with Gasteiger partial charge in [0, 0.05) is 5.92 Å². The molecule has 0 fully saturated rings. The molecule has 0 aliphatic heterocycles. The summed E-state index contributed by atoms with van der Waals surface area (Å²) in [7, 11) is 0. The highest BCUT2D eigenvalue weighted by Gasteiger charge is 2.23. The van der Waals surface area contributed by atoms with Crippen molar-refractivity contribution in [2.75, 3.05) is 0 Å². The first-order valence-corrected chi connectivity index (χ1v) is 5.50. The van der Waals surface area contributed by atoms with E-state index in [0.717, 1.165) is 6.42 Å². The molecule has 1 unspecified atom stereocenters. The molecule has 0 heteroatoms. The van der Waals surface area contributed by atoms with Crippen LogP contribution in [0.2, 0.25) is 0 Å². The van der Waals surface area contributed by atoms with Crippen LogP contribution < -0.4 is 0 Å². The number of rotatable bonds is 0. The van der Waals surface area contributed by atoms with Crippen LogP contribution in [-0.4, -0.2) is 0 Å². The molecule has 0 aromatic heterocycles. The Bertz CT molecular complexity index is 487. The number of hydrogen-bond donors (Lipinski definition) is 0. The highest BCUT2D eigenvalue weighted by atomic mass is 14.3. The van der Waals surface area contributed by atoms with Crippen LogP contribution in [0.1, 0.15) is 30.4 Å². The second-order valence-corrected chi connectivity index (χ2v) is 4.30. The average Bonchev–Trinajstić information content (AvgIpc) is 2.30. The summed E-state index contributed by atoms with van der Waals surface area (Å²) in [6.07, 6.45) is 10.2. The quantitative estimate of drug-likeness (QED) is 0.584. The van der Waals surface area contributed by atoms with E-state index in [1.165, 1.54) is 22.3 Å². The van der Waals surface area contributed by atoms with E-state index in [1.54, 1.807) is 0 Å². The van der Waals surface area contributed by atoms with Crippen LogP contribution in [0.25, 0.3) is 5.57 Å². The standard InChI is InChI=1S/C15H14/c1-11-10-12-6-2-3-8-14(12)15-9-5-4-7-13(11)15/h2-7,9-10,14H,8H2,1H3. The van der Waals surface area contributed by atoms with Gasteiger partial charge in [0.2, 0.25) is 0 Å². The maximum Gasteiger partial charge on any atom is 0.0130 e. The molecule has 3 rings (SSSR count). The summed E-state index contributed by atoms with van der Waals surface area (Å²) in [5, 5.41) is 0. The minimum absolute atomic E-state index is 0.592. The van der Waals surface area contributed by atoms with E-state index in [9.17, 15) is 0 Å². The molecule has 0 nitrogen and oxygen atoms in total. The second-order valence-electron chi connectivity index (χ2n) is 4.30. The summed E-state index contributed by atoms with van der Waals surface area (Å²) in [6, 6.07) is 8.77. The predicted octanol–water partition coefficient (Wildman–Crippen LogP) is 4.07. The van der Waals surface area contributed by atoms with E-state index < -0.39 is 0 Å². The Balaban J connectivity index is 2.23. The molecule has 0 bridgehead atoms. The van der Waals surface area contributed by atoms with Crippen LogP contribution in [-0.2, 0) is 0 Å². The molecule has 0 saturated heterocycles. The van der Waals surface area contributed by atoms with Gasteiger partial charge in [0.1, 0.15) is 0 Å². The summed E-state index contributed by atoms with van der Waals surface area (Å²) in [4.78, 5) is 0. The van der Waals surface area contributed by atoms with Crippen LogP contribution >= 0.6 is 0 Å². The van der Waals surface area contributed by atoms with Crippen LogP contribution in [0.4, 0.5) is 0 Å². The number of hydrogen-bond acceptors (Lipinski definition) is 0. The van der Waals surface area contributed by atoms with Gasteiger partial charge in [-0.25, -0.2) is 0 Å². The number of allylic oxidation sites excluding steroid dienone is 6. The summed E-state index contributed by atoms with van der Waals surface area (Å²) in [5.74, 6) is 0.592. The average molecular weight is 194 g/mol. The normalized spacial score (nSPS) is 22.6. The summed E-state index contributed by atoms with van der Waals surface area (Å²) in [6.45, 7) is 2.20. The SMILES string of the molecule is CC1=CC2=CC=CCC2c2ccccc21. The Morgan fingerprint density at radius 3 is 3.00 bits per heavy atom. The molecular formula is C15H14. The highest BCUT2D eigenvalue weighted by molar-refractivity contribution is 5.74. The van der Waals surface area contributed by atoms with Crippen LogP contribution in [0.3, 0.4) is 0 Å². The minimum atomic E-state index is 0.592. The van der Waals surface area contributed by atoms with Crippen LogP contribution in [0.15, 0.2) is 54.1 Å². The van der Waals surface area contributed by atoms with Gasteiger partial charge in [-0.1, -0.05) is 48.6 Å². The topological polar surface area (TPSA) is 0 Å².